The summed E-state index contributed by atoms with van der Waals surface area (Å²) in [5.74, 6) is 0.324. The van der Waals surface area contributed by atoms with Gasteiger partial charge in [0.25, 0.3) is 0 Å². The van der Waals surface area contributed by atoms with E-state index in [4.69, 9.17) is 4.74 Å². The van der Waals surface area contributed by atoms with Gasteiger partial charge in [-0.15, -0.1) is 0 Å². The van der Waals surface area contributed by atoms with Crippen LogP contribution in [0.3, 0.4) is 0 Å². The van der Waals surface area contributed by atoms with E-state index in [1.165, 1.54) is 6.07 Å². The molecule has 0 saturated carbocycles. The van der Waals surface area contributed by atoms with Crippen LogP contribution >= 0.6 is 0 Å². The average molecular weight is 190 g/mol. The van der Waals surface area contributed by atoms with Gasteiger partial charge in [0, 0.05) is 6.07 Å². The molecule has 0 bridgehead atoms. The SMILES string of the molecule is CCOc1ccccc1[N+](=O)[O-].[Na+]. The molecule has 5 heteroatoms. The Hall–Kier alpha value is -0.580. The second kappa shape index (κ2) is 5.96. The van der Waals surface area contributed by atoms with E-state index in [1.54, 1.807) is 25.1 Å². The fourth-order valence-corrected chi connectivity index (χ4v) is 0.886. The number of para-hydroxylation sites is 2. The molecule has 0 aromatic heterocycles. The summed E-state index contributed by atoms with van der Waals surface area (Å²) in [5, 5.41) is 10.4. The summed E-state index contributed by atoms with van der Waals surface area (Å²) >= 11 is 0. The molecule has 0 heterocycles. The minimum absolute atomic E-state index is 0. The summed E-state index contributed by atoms with van der Waals surface area (Å²) in [7, 11) is 0. The first-order valence-corrected chi connectivity index (χ1v) is 3.62. The smallest absolute Gasteiger partial charge is 0.487 e. The van der Waals surface area contributed by atoms with Gasteiger partial charge >= 0.3 is 35.2 Å². The van der Waals surface area contributed by atoms with E-state index >= 15 is 0 Å². The van der Waals surface area contributed by atoms with Crippen molar-refractivity contribution in [1.82, 2.24) is 0 Å². The Bertz CT molecular complexity index is 290. The van der Waals surface area contributed by atoms with Crippen molar-refractivity contribution in [3.05, 3.63) is 34.4 Å². The molecule has 1 aromatic rings. The largest absolute Gasteiger partial charge is 1.00 e. The van der Waals surface area contributed by atoms with Gasteiger partial charge in [-0.05, 0) is 13.0 Å². The summed E-state index contributed by atoms with van der Waals surface area (Å²) in [5.41, 5.74) is 0.0133. The molecule has 0 fully saturated rings. The number of nitro benzene ring substituents is 1. The Balaban J connectivity index is 0.00000144. The first-order valence-electron chi connectivity index (χ1n) is 3.62. The van der Waals surface area contributed by atoms with Gasteiger partial charge in [0.1, 0.15) is 0 Å². The van der Waals surface area contributed by atoms with Crippen molar-refractivity contribution in [3.8, 4) is 5.75 Å². The molecule has 1 rings (SSSR count). The van der Waals surface area contributed by atoms with Crippen LogP contribution in [0.15, 0.2) is 24.3 Å². The van der Waals surface area contributed by atoms with E-state index < -0.39 is 4.92 Å². The first-order chi connectivity index (χ1) is 5.75. The van der Waals surface area contributed by atoms with Gasteiger partial charge in [0.15, 0.2) is 5.75 Å². The predicted octanol–water partition coefficient (Wildman–Crippen LogP) is -1.00. The Labute approximate surface area is 98.3 Å². The van der Waals surface area contributed by atoms with Gasteiger partial charge < -0.3 is 4.74 Å². The zero-order valence-corrected chi connectivity index (χ0v) is 9.69. The van der Waals surface area contributed by atoms with E-state index in [1.807, 2.05) is 0 Å². The monoisotopic (exact) mass is 190 g/mol. The van der Waals surface area contributed by atoms with Gasteiger partial charge in [-0.25, -0.2) is 0 Å². The summed E-state index contributed by atoms with van der Waals surface area (Å²) in [6.45, 7) is 2.22. The van der Waals surface area contributed by atoms with Crippen LogP contribution in [-0.4, -0.2) is 11.5 Å². The summed E-state index contributed by atoms with van der Waals surface area (Å²) in [6, 6.07) is 6.32. The molecule has 0 aliphatic heterocycles. The molecule has 0 radical (unpaired) electrons. The zero-order chi connectivity index (χ0) is 8.97. The maximum Gasteiger partial charge on any atom is 1.00 e. The fourth-order valence-electron chi connectivity index (χ4n) is 0.886. The molecule has 1 aromatic carbocycles. The molecule has 13 heavy (non-hydrogen) atoms. The van der Waals surface area contributed by atoms with E-state index in [9.17, 15) is 10.1 Å². The van der Waals surface area contributed by atoms with Gasteiger partial charge in [0.2, 0.25) is 0 Å². The van der Waals surface area contributed by atoms with Gasteiger partial charge in [-0.2, -0.15) is 0 Å². The van der Waals surface area contributed by atoms with Gasteiger partial charge in [-0.1, -0.05) is 12.1 Å². The third-order valence-corrected chi connectivity index (χ3v) is 1.36. The topological polar surface area (TPSA) is 52.4 Å². The molecular formula is C8H9NNaO3+. The normalized spacial score (nSPS) is 8.69. The van der Waals surface area contributed by atoms with E-state index in [2.05, 4.69) is 0 Å². The van der Waals surface area contributed by atoms with Crippen LogP contribution in [-0.2, 0) is 0 Å². The quantitative estimate of drug-likeness (QED) is 0.349. The third kappa shape index (κ3) is 3.34. The van der Waals surface area contributed by atoms with E-state index in [-0.39, 0.29) is 35.2 Å². The number of hydrogen-bond donors (Lipinski definition) is 0. The first kappa shape index (κ1) is 12.4. The number of nitro groups is 1. The molecule has 0 N–H and O–H groups in total. The maximum atomic E-state index is 10.4. The maximum absolute atomic E-state index is 10.4. The van der Waals surface area contributed by atoms with Crippen molar-refractivity contribution in [1.29, 1.82) is 0 Å². The Morgan fingerprint density at radius 3 is 2.62 bits per heavy atom. The summed E-state index contributed by atoms with van der Waals surface area (Å²) in [6.07, 6.45) is 0. The van der Waals surface area contributed by atoms with Crippen LogP contribution in [0.5, 0.6) is 5.75 Å². The Kier molecular flexibility index (Phi) is 5.70. The second-order valence-corrected chi connectivity index (χ2v) is 2.16. The number of hydrogen-bond acceptors (Lipinski definition) is 3. The molecule has 0 spiro atoms. The number of rotatable bonds is 3. The standard InChI is InChI=1S/C8H9NO3.Na/c1-2-12-8-6-4-3-5-7(8)9(10)11;/h3-6H,2H2,1H3;/q;+1. The van der Waals surface area contributed by atoms with Crippen LogP contribution in [0, 0.1) is 10.1 Å². The Morgan fingerprint density at radius 1 is 1.46 bits per heavy atom. The molecule has 0 aliphatic carbocycles. The average Bonchev–Trinajstić information content (AvgIpc) is 2.05. The van der Waals surface area contributed by atoms with Crippen LogP contribution in [0.25, 0.3) is 0 Å². The minimum atomic E-state index is -0.453. The zero-order valence-electron chi connectivity index (χ0n) is 7.69. The minimum Gasteiger partial charge on any atom is -0.487 e. The molecule has 0 amide bonds. The summed E-state index contributed by atoms with van der Waals surface area (Å²) in [4.78, 5) is 9.97. The molecule has 4 nitrogen and oxygen atoms in total. The van der Waals surface area contributed by atoms with Crippen molar-refractivity contribution >= 4 is 5.69 Å². The van der Waals surface area contributed by atoms with Crippen molar-refractivity contribution in [2.45, 2.75) is 6.92 Å². The Morgan fingerprint density at radius 2 is 2.08 bits per heavy atom. The van der Waals surface area contributed by atoms with Gasteiger partial charge in [0.05, 0.1) is 11.5 Å². The van der Waals surface area contributed by atoms with Crippen molar-refractivity contribution < 1.29 is 39.2 Å². The second-order valence-electron chi connectivity index (χ2n) is 2.16. The van der Waals surface area contributed by atoms with Crippen molar-refractivity contribution in [2.24, 2.45) is 0 Å². The van der Waals surface area contributed by atoms with Crippen LogP contribution in [0.1, 0.15) is 6.92 Å². The molecule has 0 unspecified atom stereocenters. The van der Waals surface area contributed by atoms with Crippen LogP contribution in [0.4, 0.5) is 5.69 Å². The fraction of sp³-hybridized carbons (Fsp3) is 0.250. The number of ether oxygens (including phenoxy) is 1. The molecular weight excluding hydrogens is 181 g/mol. The number of nitrogens with zero attached hydrogens (tertiary/aromatic N) is 1. The van der Waals surface area contributed by atoms with Crippen molar-refractivity contribution in [3.63, 3.8) is 0 Å². The molecule has 0 saturated heterocycles. The van der Waals surface area contributed by atoms with E-state index in [0.717, 1.165) is 0 Å². The molecule has 64 valence electrons. The van der Waals surface area contributed by atoms with Crippen LogP contribution in [0.2, 0.25) is 0 Å². The summed E-state index contributed by atoms with van der Waals surface area (Å²) < 4.78 is 5.06. The third-order valence-electron chi connectivity index (χ3n) is 1.36. The van der Waals surface area contributed by atoms with E-state index in [0.29, 0.717) is 12.4 Å². The molecule has 0 atom stereocenters. The molecule has 0 aliphatic rings. The van der Waals surface area contributed by atoms with Crippen molar-refractivity contribution in [2.75, 3.05) is 6.61 Å². The van der Waals surface area contributed by atoms with Crippen LogP contribution < -0.4 is 34.3 Å². The van der Waals surface area contributed by atoms with Gasteiger partial charge in [-0.3, -0.25) is 10.1 Å². The number of benzene rings is 1. The predicted molar refractivity (Wildman–Crippen MR) is 44.3 cm³/mol.